The Balaban J connectivity index is 3.05. The number of carbonyl (C=O) groups excluding carboxylic acids is 1. The molecule has 0 aliphatic carbocycles. The quantitative estimate of drug-likeness (QED) is 0.573. The van der Waals surface area contributed by atoms with Crippen LogP contribution in [0.2, 0.25) is 0 Å². The molecule has 0 rings (SSSR count). The molecule has 0 aliphatic rings. The fraction of sp³-hybridized carbons (Fsp3) is 0.800. The Bertz CT molecular complexity index is 82.5. The maximum atomic E-state index is 10.2. The zero-order valence-corrected chi connectivity index (χ0v) is 6.21. The molecule has 0 atom stereocenters. The van der Waals surface area contributed by atoms with Crippen molar-refractivity contribution < 1.29 is 4.79 Å². The van der Waals surface area contributed by atoms with Crippen LogP contribution in [0.4, 0.5) is 0 Å². The first-order chi connectivity index (χ1) is 3.63. The van der Waals surface area contributed by atoms with E-state index in [1.807, 2.05) is 13.8 Å². The number of carbonyl (C=O) groups is 1. The Kier molecular flexibility index (Phi) is 3.91. The predicted molar refractivity (Wildman–Crippen MR) is 36.5 cm³/mol. The average Bonchev–Trinajstić information content (AvgIpc) is 1.61. The van der Waals surface area contributed by atoms with Gasteiger partial charge < -0.3 is 0 Å². The Labute approximate surface area is 54.2 Å². The Hall–Kier alpha value is -0.0200. The van der Waals surface area contributed by atoms with E-state index >= 15 is 0 Å². The van der Waals surface area contributed by atoms with Gasteiger partial charge in [0.15, 0.2) is 0 Å². The smallest absolute Gasteiger partial charge is 0.200 e. The van der Waals surface area contributed by atoms with Crippen LogP contribution in [0.3, 0.4) is 0 Å². The molecule has 3 heteroatoms. The molecule has 0 spiro atoms. The summed E-state index contributed by atoms with van der Waals surface area (Å²) in [6.07, 6.45) is 0. The summed E-state index contributed by atoms with van der Waals surface area (Å²) in [5, 5.41) is 0.110. The van der Waals surface area contributed by atoms with Gasteiger partial charge in [-0.2, -0.15) is 0 Å². The van der Waals surface area contributed by atoms with Crippen LogP contribution < -0.4 is 4.72 Å². The molecule has 0 aromatic rings. The molecule has 0 fully saturated rings. The van der Waals surface area contributed by atoms with Crippen molar-refractivity contribution in [3.8, 4) is 0 Å². The van der Waals surface area contributed by atoms with E-state index in [1.165, 1.54) is 0 Å². The summed E-state index contributed by atoms with van der Waals surface area (Å²) in [4.78, 5) is 10.2. The number of hydrogen-bond acceptors (Lipinski definition) is 3. The Morgan fingerprint density at radius 3 is 2.25 bits per heavy atom. The van der Waals surface area contributed by atoms with Gasteiger partial charge in [-0.05, 0) is 25.8 Å². The molecule has 2 nitrogen and oxygen atoms in total. The van der Waals surface area contributed by atoms with Crippen LogP contribution in [0, 0.1) is 0 Å². The van der Waals surface area contributed by atoms with Crippen LogP contribution in [0.1, 0.15) is 20.8 Å². The van der Waals surface area contributed by atoms with Crippen molar-refractivity contribution in [2.45, 2.75) is 26.8 Å². The van der Waals surface area contributed by atoms with Crippen molar-refractivity contribution >= 4 is 17.1 Å². The van der Waals surface area contributed by atoms with Crippen molar-refractivity contribution in [2.24, 2.45) is 0 Å². The van der Waals surface area contributed by atoms with E-state index in [0.717, 1.165) is 11.9 Å². The Morgan fingerprint density at radius 1 is 1.62 bits per heavy atom. The first-order valence-electron chi connectivity index (χ1n) is 2.56. The third-order valence-corrected chi connectivity index (χ3v) is 1.32. The summed E-state index contributed by atoms with van der Waals surface area (Å²) in [5.74, 6) is 0. The van der Waals surface area contributed by atoms with Gasteiger partial charge in [0.2, 0.25) is 5.12 Å². The normalized spacial score (nSPS) is 10.0. The van der Waals surface area contributed by atoms with Gasteiger partial charge in [-0.3, -0.25) is 9.52 Å². The average molecular weight is 133 g/mol. The summed E-state index contributed by atoms with van der Waals surface area (Å²) < 4.78 is 2.91. The lowest BCUT2D eigenvalue weighted by molar-refractivity contribution is -0.109. The van der Waals surface area contributed by atoms with Crippen LogP contribution in [0.15, 0.2) is 0 Å². The van der Waals surface area contributed by atoms with Gasteiger partial charge >= 0.3 is 0 Å². The minimum absolute atomic E-state index is 0.110. The van der Waals surface area contributed by atoms with Gasteiger partial charge in [0.1, 0.15) is 0 Å². The van der Waals surface area contributed by atoms with E-state index in [-0.39, 0.29) is 5.12 Å². The lowest BCUT2D eigenvalue weighted by Gasteiger charge is -2.01. The molecule has 0 aromatic heterocycles. The summed E-state index contributed by atoms with van der Waals surface area (Å²) in [5.41, 5.74) is 0. The molecule has 0 aromatic carbocycles. The minimum atomic E-state index is 0.110. The highest BCUT2D eigenvalue weighted by Crippen LogP contribution is 1.95. The van der Waals surface area contributed by atoms with E-state index in [0.29, 0.717) is 6.04 Å². The topological polar surface area (TPSA) is 29.1 Å². The minimum Gasteiger partial charge on any atom is -0.286 e. The molecular weight excluding hydrogens is 122 g/mol. The third kappa shape index (κ3) is 5.98. The third-order valence-electron chi connectivity index (χ3n) is 0.438. The molecular formula is C5H11NOS. The maximum Gasteiger partial charge on any atom is 0.200 e. The van der Waals surface area contributed by atoms with E-state index < -0.39 is 0 Å². The highest BCUT2D eigenvalue weighted by molar-refractivity contribution is 8.11. The lowest BCUT2D eigenvalue weighted by Crippen LogP contribution is -2.15. The SMILES string of the molecule is CC(=O)SNC(C)C. The molecule has 0 heterocycles. The zero-order valence-electron chi connectivity index (χ0n) is 5.39. The number of nitrogens with one attached hydrogen (secondary N) is 1. The van der Waals surface area contributed by atoms with Crippen LogP contribution in [-0.4, -0.2) is 11.2 Å². The Morgan fingerprint density at radius 2 is 2.12 bits per heavy atom. The highest BCUT2D eigenvalue weighted by Gasteiger charge is 1.93. The van der Waals surface area contributed by atoms with Crippen LogP contribution >= 0.6 is 11.9 Å². The van der Waals surface area contributed by atoms with Crippen molar-refractivity contribution in [3.05, 3.63) is 0 Å². The molecule has 0 bridgehead atoms. The summed E-state index contributed by atoms with van der Waals surface area (Å²) in [6, 6.07) is 0.379. The predicted octanol–water partition coefficient (Wildman–Crippen LogP) is 1.18. The largest absolute Gasteiger partial charge is 0.286 e. The first kappa shape index (κ1) is 7.98. The molecule has 0 saturated carbocycles. The van der Waals surface area contributed by atoms with Crippen LogP contribution in [-0.2, 0) is 4.79 Å². The molecule has 0 aliphatic heterocycles. The van der Waals surface area contributed by atoms with E-state index in [4.69, 9.17) is 0 Å². The van der Waals surface area contributed by atoms with Crippen molar-refractivity contribution in [1.82, 2.24) is 4.72 Å². The summed E-state index contributed by atoms with van der Waals surface area (Å²) in [7, 11) is 0. The molecule has 8 heavy (non-hydrogen) atoms. The second-order valence-corrected chi connectivity index (χ2v) is 2.88. The van der Waals surface area contributed by atoms with E-state index in [1.54, 1.807) is 6.92 Å². The number of rotatable bonds is 2. The van der Waals surface area contributed by atoms with Gasteiger partial charge in [0.05, 0.1) is 0 Å². The van der Waals surface area contributed by atoms with Crippen molar-refractivity contribution in [2.75, 3.05) is 0 Å². The van der Waals surface area contributed by atoms with Crippen LogP contribution in [0.25, 0.3) is 0 Å². The zero-order chi connectivity index (χ0) is 6.57. The fourth-order valence-electron chi connectivity index (χ4n) is 0.201. The molecule has 0 unspecified atom stereocenters. The maximum absolute atomic E-state index is 10.2. The molecule has 1 N–H and O–H groups in total. The molecule has 0 saturated heterocycles. The second kappa shape index (κ2) is 3.92. The fourth-order valence-corrected chi connectivity index (χ4v) is 0.602. The number of hydrogen-bond donors (Lipinski definition) is 1. The monoisotopic (exact) mass is 133 g/mol. The lowest BCUT2D eigenvalue weighted by atomic mass is 10.4. The molecule has 0 radical (unpaired) electrons. The first-order valence-corrected chi connectivity index (χ1v) is 3.37. The van der Waals surface area contributed by atoms with E-state index in [9.17, 15) is 4.79 Å². The molecule has 0 amide bonds. The van der Waals surface area contributed by atoms with Crippen molar-refractivity contribution in [3.63, 3.8) is 0 Å². The van der Waals surface area contributed by atoms with Gasteiger partial charge in [-0.15, -0.1) is 0 Å². The second-order valence-electron chi connectivity index (χ2n) is 1.87. The van der Waals surface area contributed by atoms with Gasteiger partial charge in [0.25, 0.3) is 0 Å². The molecule has 48 valence electrons. The summed E-state index contributed by atoms with van der Waals surface area (Å²) in [6.45, 7) is 5.53. The van der Waals surface area contributed by atoms with Gasteiger partial charge in [-0.1, -0.05) is 0 Å². The summed E-state index contributed by atoms with van der Waals surface area (Å²) >= 11 is 1.15. The van der Waals surface area contributed by atoms with E-state index in [2.05, 4.69) is 4.72 Å². The van der Waals surface area contributed by atoms with Crippen LogP contribution in [0.5, 0.6) is 0 Å². The highest BCUT2D eigenvalue weighted by atomic mass is 32.2. The van der Waals surface area contributed by atoms with Crippen molar-refractivity contribution in [1.29, 1.82) is 0 Å². The van der Waals surface area contributed by atoms with Gasteiger partial charge in [-0.25, -0.2) is 0 Å². The standard InChI is InChI=1S/C5H11NOS/c1-4(2)6-8-5(3)7/h4,6H,1-3H3. The van der Waals surface area contributed by atoms with Gasteiger partial charge in [0, 0.05) is 13.0 Å².